The summed E-state index contributed by atoms with van der Waals surface area (Å²) in [6.07, 6.45) is 1.79. The van der Waals surface area contributed by atoms with Crippen molar-refractivity contribution in [2.24, 2.45) is 0 Å². The Labute approximate surface area is 114 Å². The molecule has 17 heavy (non-hydrogen) atoms. The maximum atomic E-state index is 6.04. The fraction of sp³-hybridized carbons (Fsp3) is 0.154. The molecule has 1 N–H and O–H groups in total. The van der Waals surface area contributed by atoms with Gasteiger partial charge in [0.05, 0.1) is 26.9 Å². The van der Waals surface area contributed by atoms with Crippen molar-refractivity contribution in [1.82, 2.24) is 4.98 Å². The zero-order valence-corrected chi connectivity index (χ0v) is 11.7. The molecule has 2 nitrogen and oxygen atoms in total. The Bertz CT molecular complexity index is 502. The van der Waals surface area contributed by atoms with Gasteiger partial charge in [-0.2, -0.15) is 0 Å². The summed E-state index contributed by atoms with van der Waals surface area (Å²) in [4.78, 5) is 4.32. The van der Waals surface area contributed by atoms with Crippen molar-refractivity contribution in [2.75, 3.05) is 5.32 Å². The highest BCUT2D eigenvalue weighted by molar-refractivity contribution is 9.10. The fourth-order valence-electron chi connectivity index (χ4n) is 1.55. The first kappa shape index (κ1) is 12.4. The van der Waals surface area contributed by atoms with Crippen LogP contribution < -0.4 is 5.32 Å². The van der Waals surface area contributed by atoms with E-state index < -0.39 is 0 Å². The van der Waals surface area contributed by atoms with E-state index in [0.717, 1.165) is 15.9 Å². The second-order valence-electron chi connectivity index (χ2n) is 3.72. The number of rotatable bonds is 3. The Balaban J connectivity index is 2.19. The average molecular weight is 312 g/mol. The topological polar surface area (TPSA) is 24.9 Å². The molecule has 1 heterocycles. The highest BCUT2D eigenvalue weighted by atomic mass is 79.9. The summed E-state index contributed by atoms with van der Waals surface area (Å²) < 4.78 is 0.879. The third-order valence-corrected chi connectivity index (χ3v) is 3.85. The smallest absolute Gasteiger partial charge is 0.0657 e. The second-order valence-corrected chi connectivity index (χ2v) is 4.92. The van der Waals surface area contributed by atoms with Crippen LogP contribution in [0.1, 0.15) is 18.7 Å². The predicted molar refractivity (Wildman–Crippen MR) is 75.4 cm³/mol. The Morgan fingerprint density at radius 2 is 2.06 bits per heavy atom. The van der Waals surface area contributed by atoms with Crippen molar-refractivity contribution in [2.45, 2.75) is 13.0 Å². The minimum Gasteiger partial charge on any atom is -0.376 e. The van der Waals surface area contributed by atoms with Crippen LogP contribution in [0.4, 0.5) is 5.69 Å². The molecule has 4 heteroatoms. The summed E-state index contributed by atoms with van der Waals surface area (Å²) in [7, 11) is 0. The number of hydrogen-bond donors (Lipinski definition) is 1. The van der Waals surface area contributed by atoms with Gasteiger partial charge in [-0.3, -0.25) is 4.98 Å². The molecule has 0 aliphatic carbocycles. The molecular weight excluding hydrogens is 300 g/mol. The van der Waals surface area contributed by atoms with Crippen LogP contribution in [0.15, 0.2) is 47.1 Å². The van der Waals surface area contributed by atoms with Gasteiger partial charge in [-0.25, -0.2) is 0 Å². The molecule has 2 rings (SSSR count). The summed E-state index contributed by atoms with van der Waals surface area (Å²) in [5.41, 5.74) is 1.97. The van der Waals surface area contributed by atoms with Crippen molar-refractivity contribution in [1.29, 1.82) is 0 Å². The van der Waals surface area contributed by atoms with Gasteiger partial charge in [-0.1, -0.05) is 23.7 Å². The third-order valence-electron chi connectivity index (χ3n) is 2.46. The predicted octanol–water partition coefficient (Wildman–Crippen LogP) is 4.67. The lowest BCUT2D eigenvalue weighted by Gasteiger charge is -2.16. The van der Waals surface area contributed by atoms with E-state index in [9.17, 15) is 0 Å². The molecule has 0 fully saturated rings. The number of nitrogens with zero attached hydrogens (tertiary/aromatic N) is 1. The van der Waals surface area contributed by atoms with Crippen molar-refractivity contribution < 1.29 is 0 Å². The molecule has 0 aliphatic heterocycles. The Kier molecular flexibility index (Phi) is 4.02. The van der Waals surface area contributed by atoms with Gasteiger partial charge in [0, 0.05) is 6.20 Å². The fourth-order valence-corrected chi connectivity index (χ4v) is 2.11. The van der Waals surface area contributed by atoms with E-state index in [2.05, 4.69) is 33.2 Å². The number of pyridine rings is 1. The van der Waals surface area contributed by atoms with Crippen LogP contribution in [0.5, 0.6) is 0 Å². The number of benzene rings is 1. The van der Waals surface area contributed by atoms with Crippen LogP contribution in [0.2, 0.25) is 5.02 Å². The third kappa shape index (κ3) is 2.99. The zero-order chi connectivity index (χ0) is 12.3. The maximum Gasteiger partial charge on any atom is 0.0657 e. The standard InChI is InChI=1S/C13H12BrClN2/c1-9(11-6-2-3-8-16-11)17-12-7-4-5-10(15)13(12)14/h2-9,17H,1H3. The quantitative estimate of drug-likeness (QED) is 0.891. The molecule has 0 aliphatic rings. The number of aromatic nitrogens is 1. The average Bonchev–Trinajstić information content (AvgIpc) is 2.36. The van der Waals surface area contributed by atoms with E-state index in [-0.39, 0.29) is 6.04 Å². The zero-order valence-electron chi connectivity index (χ0n) is 9.32. The Morgan fingerprint density at radius 3 is 2.76 bits per heavy atom. The van der Waals surface area contributed by atoms with Gasteiger partial charge in [0.1, 0.15) is 0 Å². The van der Waals surface area contributed by atoms with Gasteiger partial charge >= 0.3 is 0 Å². The minimum atomic E-state index is 0.131. The lowest BCUT2D eigenvalue weighted by Crippen LogP contribution is -2.08. The SMILES string of the molecule is CC(Nc1cccc(Cl)c1Br)c1ccccn1. The summed E-state index contributed by atoms with van der Waals surface area (Å²) >= 11 is 9.51. The summed E-state index contributed by atoms with van der Waals surface area (Å²) in [6, 6.07) is 11.8. The monoisotopic (exact) mass is 310 g/mol. The highest BCUT2D eigenvalue weighted by Crippen LogP contribution is 2.32. The number of hydrogen-bond acceptors (Lipinski definition) is 2. The van der Waals surface area contributed by atoms with Gasteiger partial charge in [0.25, 0.3) is 0 Å². The Hall–Kier alpha value is -1.06. The number of nitrogens with one attached hydrogen (secondary N) is 1. The summed E-state index contributed by atoms with van der Waals surface area (Å²) in [6.45, 7) is 2.07. The van der Waals surface area contributed by atoms with Gasteiger partial charge in [0.15, 0.2) is 0 Å². The molecule has 1 unspecified atom stereocenters. The van der Waals surface area contributed by atoms with E-state index >= 15 is 0 Å². The van der Waals surface area contributed by atoms with E-state index in [4.69, 9.17) is 11.6 Å². The van der Waals surface area contributed by atoms with Gasteiger partial charge in [-0.05, 0) is 47.1 Å². The van der Waals surface area contributed by atoms with E-state index in [1.54, 1.807) is 6.20 Å². The van der Waals surface area contributed by atoms with Crippen molar-refractivity contribution in [3.8, 4) is 0 Å². The van der Waals surface area contributed by atoms with Crippen molar-refractivity contribution in [3.05, 3.63) is 57.8 Å². The van der Waals surface area contributed by atoms with E-state index in [0.29, 0.717) is 5.02 Å². The highest BCUT2D eigenvalue weighted by Gasteiger charge is 2.09. The van der Waals surface area contributed by atoms with Crippen LogP contribution in [0.3, 0.4) is 0 Å². The molecule has 0 radical (unpaired) electrons. The largest absolute Gasteiger partial charge is 0.376 e. The summed E-state index contributed by atoms with van der Waals surface area (Å²) in [5, 5.41) is 4.07. The van der Waals surface area contributed by atoms with Gasteiger partial charge < -0.3 is 5.32 Å². The van der Waals surface area contributed by atoms with E-state index in [1.807, 2.05) is 36.4 Å². The maximum absolute atomic E-state index is 6.04. The first-order valence-corrected chi connectivity index (χ1v) is 6.47. The van der Waals surface area contributed by atoms with E-state index in [1.165, 1.54) is 0 Å². The Morgan fingerprint density at radius 1 is 1.24 bits per heavy atom. The molecule has 0 saturated heterocycles. The van der Waals surface area contributed by atoms with Crippen molar-refractivity contribution in [3.63, 3.8) is 0 Å². The van der Waals surface area contributed by atoms with Crippen LogP contribution in [0, 0.1) is 0 Å². The van der Waals surface area contributed by atoms with Gasteiger partial charge in [0.2, 0.25) is 0 Å². The molecule has 0 bridgehead atoms. The molecule has 0 spiro atoms. The molecule has 88 valence electrons. The normalized spacial score (nSPS) is 12.2. The minimum absolute atomic E-state index is 0.131. The molecule has 1 aromatic carbocycles. The first-order valence-electron chi connectivity index (χ1n) is 5.30. The number of halogens is 2. The first-order chi connectivity index (χ1) is 8.18. The molecule has 0 amide bonds. The van der Waals surface area contributed by atoms with Crippen LogP contribution >= 0.6 is 27.5 Å². The van der Waals surface area contributed by atoms with Crippen LogP contribution in [0.25, 0.3) is 0 Å². The second kappa shape index (κ2) is 5.52. The molecule has 2 aromatic rings. The molecule has 1 aromatic heterocycles. The molecule has 1 atom stereocenters. The number of anilines is 1. The van der Waals surface area contributed by atoms with Crippen LogP contribution in [-0.2, 0) is 0 Å². The van der Waals surface area contributed by atoms with Crippen LogP contribution in [-0.4, -0.2) is 4.98 Å². The lowest BCUT2D eigenvalue weighted by molar-refractivity contribution is 0.838. The lowest BCUT2D eigenvalue weighted by atomic mass is 10.2. The van der Waals surface area contributed by atoms with Gasteiger partial charge in [-0.15, -0.1) is 0 Å². The summed E-state index contributed by atoms with van der Waals surface area (Å²) in [5.74, 6) is 0. The molecule has 0 saturated carbocycles. The molecular formula is C13H12BrClN2. The van der Waals surface area contributed by atoms with Crippen molar-refractivity contribution >= 4 is 33.2 Å².